The van der Waals surface area contributed by atoms with Gasteiger partial charge in [-0.15, -0.1) is 0 Å². The molecule has 0 spiro atoms. The first kappa shape index (κ1) is 25.6. The standard InChI is InChI=1S/C29H40O3Si/c1-6-13-24(30)22-25-19-18-23(2)28(32-25)20-21-31-33(29(3,4)5,26-14-9-7-10-15-26)27-16-11-8-12-17-27/h6-17,23,25,28H,18-22H2,1-5H3/b13-6+/t23-,25-,28-/m0/s1. The van der Waals surface area contributed by atoms with Crippen molar-refractivity contribution >= 4 is 24.5 Å². The van der Waals surface area contributed by atoms with Gasteiger partial charge in [0.25, 0.3) is 8.32 Å². The molecule has 1 heterocycles. The lowest BCUT2D eigenvalue weighted by molar-refractivity contribution is -0.124. The number of ether oxygens (including phenoxy) is 1. The Balaban J connectivity index is 1.79. The molecule has 3 rings (SSSR count). The van der Waals surface area contributed by atoms with Gasteiger partial charge in [-0.25, -0.2) is 0 Å². The van der Waals surface area contributed by atoms with Crippen LogP contribution in [0.5, 0.6) is 0 Å². The Kier molecular flexibility index (Phi) is 8.86. The Morgan fingerprint density at radius 3 is 2.12 bits per heavy atom. The number of carbonyl (C=O) groups is 1. The molecule has 2 aromatic rings. The molecule has 0 aliphatic carbocycles. The maximum atomic E-state index is 12.1. The van der Waals surface area contributed by atoms with E-state index in [2.05, 4.69) is 88.4 Å². The SMILES string of the molecule is C/C=C/C(=O)C[C@@H]1CC[C@H](C)[C@H](CCO[Si](c2ccccc2)(c2ccccc2)C(C)(C)C)O1. The average molecular weight is 465 g/mol. The van der Waals surface area contributed by atoms with Crippen LogP contribution in [0.3, 0.4) is 0 Å². The molecule has 0 radical (unpaired) electrons. The lowest BCUT2D eigenvalue weighted by atomic mass is 9.90. The second kappa shape index (κ2) is 11.4. The minimum absolute atomic E-state index is 0.0164. The van der Waals surface area contributed by atoms with Crippen LogP contribution in [0.25, 0.3) is 0 Å². The molecule has 1 aliphatic rings. The molecule has 1 fully saturated rings. The molecule has 2 aromatic carbocycles. The second-order valence-electron chi connectivity index (χ2n) is 10.3. The highest BCUT2D eigenvalue weighted by Gasteiger charge is 2.50. The van der Waals surface area contributed by atoms with Crippen LogP contribution in [0.1, 0.15) is 60.3 Å². The summed E-state index contributed by atoms with van der Waals surface area (Å²) in [6.45, 7) is 11.7. The van der Waals surface area contributed by atoms with Crippen molar-refractivity contribution in [2.75, 3.05) is 6.61 Å². The molecule has 1 saturated heterocycles. The lowest BCUT2D eigenvalue weighted by Gasteiger charge is -2.43. The van der Waals surface area contributed by atoms with E-state index >= 15 is 0 Å². The number of rotatable bonds is 9. The summed E-state index contributed by atoms with van der Waals surface area (Å²) in [6.07, 6.45) is 6.98. The third-order valence-corrected chi connectivity index (χ3v) is 11.9. The maximum absolute atomic E-state index is 12.1. The van der Waals surface area contributed by atoms with Gasteiger partial charge in [-0.2, -0.15) is 0 Å². The van der Waals surface area contributed by atoms with E-state index in [1.807, 2.05) is 13.0 Å². The predicted molar refractivity (Wildman–Crippen MR) is 140 cm³/mol. The van der Waals surface area contributed by atoms with E-state index in [1.165, 1.54) is 10.4 Å². The highest BCUT2D eigenvalue weighted by Crippen LogP contribution is 2.37. The molecule has 0 N–H and O–H groups in total. The minimum atomic E-state index is -2.53. The molecule has 0 saturated carbocycles. The van der Waals surface area contributed by atoms with Crippen LogP contribution in [-0.2, 0) is 14.0 Å². The van der Waals surface area contributed by atoms with Gasteiger partial charge in [-0.3, -0.25) is 4.79 Å². The van der Waals surface area contributed by atoms with E-state index in [1.54, 1.807) is 6.08 Å². The number of hydrogen-bond acceptors (Lipinski definition) is 3. The number of ketones is 1. The molecule has 0 aromatic heterocycles. The summed E-state index contributed by atoms with van der Waals surface area (Å²) in [4.78, 5) is 12.1. The zero-order chi connectivity index (χ0) is 23.9. The Hall–Kier alpha value is -2.01. The molecule has 0 bridgehead atoms. The molecule has 0 unspecified atom stereocenters. The van der Waals surface area contributed by atoms with Gasteiger partial charge >= 0.3 is 0 Å². The van der Waals surface area contributed by atoms with E-state index in [0.717, 1.165) is 19.3 Å². The summed E-state index contributed by atoms with van der Waals surface area (Å²) >= 11 is 0. The lowest BCUT2D eigenvalue weighted by Crippen LogP contribution is -2.66. The Bertz CT molecular complexity index is 862. The molecular formula is C29H40O3Si. The van der Waals surface area contributed by atoms with Crippen molar-refractivity contribution in [3.8, 4) is 0 Å². The van der Waals surface area contributed by atoms with Crippen molar-refractivity contribution in [1.82, 2.24) is 0 Å². The van der Waals surface area contributed by atoms with Crippen LogP contribution in [0.2, 0.25) is 5.04 Å². The number of carbonyl (C=O) groups excluding carboxylic acids is 1. The van der Waals surface area contributed by atoms with Crippen LogP contribution in [-0.4, -0.2) is 32.9 Å². The zero-order valence-electron chi connectivity index (χ0n) is 20.9. The molecular weight excluding hydrogens is 424 g/mol. The average Bonchev–Trinajstić information content (AvgIpc) is 2.79. The highest BCUT2D eigenvalue weighted by atomic mass is 28.4. The number of benzene rings is 2. The van der Waals surface area contributed by atoms with Gasteiger partial charge in [0.1, 0.15) is 0 Å². The Morgan fingerprint density at radius 2 is 1.61 bits per heavy atom. The molecule has 4 heteroatoms. The monoisotopic (exact) mass is 464 g/mol. The first-order valence-electron chi connectivity index (χ1n) is 12.3. The van der Waals surface area contributed by atoms with E-state index in [-0.39, 0.29) is 23.0 Å². The largest absolute Gasteiger partial charge is 0.407 e. The molecule has 0 amide bonds. The van der Waals surface area contributed by atoms with Crippen molar-refractivity contribution in [2.45, 2.75) is 77.5 Å². The number of allylic oxidation sites excluding steroid dienone is 2. The fourth-order valence-electron chi connectivity index (χ4n) is 5.15. The summed E-state index contributed by atoms with van der Waals surface area (Å²) < 4.78 is 13.5. The highest BCUT2D eigenvalue weighted by molar-refractivity contribution is 6.99. The quantitative estimate of drug-likeness (QED) is 0.354. The van der Waals surface area contributed by atoms with Gasteiger partial charge in [-0.05, 0) is 53.6 Å². The first-order chi connectivity index (χ1) is 15.8. The summed E-state index contributed by atoms with van der Waals surface area (Å²) in [5.74, 6) is 0.625. The summed E-state index contributed by atoms with van der Waals surface area (Å²) in [6, 6.07) is 21.5. The molecule has 3 atom stereocenters. The van der Waals surface area contributed by atoms with Gasteiger partial charge in [0.05, 0.1) is 12.2 Å². The van der Waals surface area contributed by atoms with Gasteiger partial charge in [0.2, 0.25) is 0 Å². The minimum Gasteiger partial charge on any atom is -0.407 e. The van der Waals surface area contributed by atoms with Crippen LogP contribution in [0, 0.1) is 5.92 Å². The summed E-state index contributed by atoms with van der Waals surface area (Å²) in [5.41, 5.74) is 0. The topological polar surface area (TPSA) is 35.5 Å². The normalized spacial score (nSPS) is 21.9. The Labute approximate surface area is 201 Å². The van der Waals surface area contributed by atoms with Gasteiger partial charge in [0, 0.05) is 13.0 Å². The molecule has 1 aliphatic heterocycles. The maximum Gasteiger partial charge on any atom is 0.261 e. The number of hydrogen-bond donors (Lipinski definition) is 0. The molecule has 3 nitrogen and oxygen atoms in total. The van der Waals surface area contributed by atoms with Gasteiger partial charge in [0.15, 0.2) is 5.78 Å². The van der Waals surface area contributed by atoms with Crippen molar-refractivity contribution in [1.29, 1.82) is 0 Å². The van der Waals surface area contributed by atoms with E-state index in [9.17, 15) is 4.79 Å². The van der Waals surface area contributed by atoms with Crippen LogP contribution in [0.4, 0.5) is 0 Å². The Morgan fingerprint density at radius 1 is 1.03 bits per heavy atom. The molecule has 178 valence electrons. The fraction of sp³-hybridized carbons (Fsp3) is 0.483. The smallest absolute Gasteiger partial charge is 0.261 e. The van der Waals surface area contributed by atoms with Gasteiger partial charge < -0.3 is 9.16 Å². The van der Waals surface area contributed by atoms with E-state index in [4.69, 9.17) is 9.16 Å². The van der Waals surface area contributed by atoms with Gasteiger partial charge in [-0.1, -0.05) is 94.4 Å². The zero-order valence-corrected chi connectivity index (χ0v) is 21.9. The second-order valence-corrected chi connectivity index (χ2v) is 14.6. The van der Waals surface area contributed by atoms with E-state index < -0.39 is 8.32 Å². The van der Waals surface area contributed by atoms with E-state index in [0.29, 0.717) is 18.9 Å². The third-order valence-electron chi connectivity index (χ3n) is 6.87. The third kappa shape index (κ3) is 6.11. The fourth-order valence-corrected chi connectivity index (χ4v) is 9.73. The van der Waals surface area contributed by atoms with Crippen LogP contribution in [0.15, 0.2) is 72.8 Å². The van der Waals surface area contributed by atoms with Crippen LogP contribution < -0.4 is 10.4 Å². The predicted octanol–water partition coefficient (Wildman–Crippen LogP) is 5.67. The summed E-state index contributed by atoms with van der Waals surface area (Å²) in [7, 11) is -2.53. The van der Waals surface area contributed by atoms with Crippen LogP contribution >= 0.6 is 0 Å². The summed E-state index contributed by atoms with van der Waals surface area (Å²) in [5, 5.41) is 2.57. The molecule has 33 heavy (non-hydrogen) atoms. The first-order valence-corrected chi connectivity index (χ1v) is 14.2. The van der Waals surface area contributed by atoms with Crippen molar-refractivity contribution in [3.63, 3.8) is 0 Å². The van der Waals surface area contributed by atoms with Crippen molar-refractivity contribution < 1.29 is 14.0 Å². The van der Waals surface area contributed by atoms with Crippen molar-refractivity contribution in [2.24, 2.45) is 5.92 Å². The van der Waals surface area contributed by atoms with Crippen molar-refractivity contribution in [3.05, 3.63) is 72.8 Å².